The summed E-state index contributed by atoms with van der Waals surface area (Å²) in [4.78, 5) is 0. The molecular formula is C10H21NO4S. The first-order valence-electron chi connectivity index (χ1n) is 5.74. The second-order valence-electron chi connectivity index (χ2n) is 4.20. The highest BCUT2D eigenvalue weighted by Gasteiger charge is 2.14. The maximum absolute atomic E-state index is 10.6. The molecule has 0 aliphatic heterocycles. The van der Waals surface area contributed by atoms with Gasteiger partial charge in [0.25, 0.3) is 0 Å². The van der Waals surface area contributed by atoms with Crippen molar-refractivity contribution in [3.8, 4) is 0 Å². The van der Waals surface area contributed by atoms with Crippen molar-refractivity contribution < 1.29 is 17.9 Å². The van der Waals surface area contributed by atoms with Crippen LogP contribution in [0, 0.1) is 5.92 Å². The summed E-state index contributed by atoms with van der Waals surface area (Å²) in [6, 6.07) is 0. The Hall–Kier alpha value is -0.170. The number of rotatable bonds is 8. The average molecular weight is 251 g/mol. The molecule has 0 radical (unpaired) electrons. The molecule has 16 heavy (non-hydrogen) atoms. The SMILES string of the molecule is NS(=O)(=O)CCOCCOCC1CCCC1. The number of ether oxygens (including phenoxy) is 2. The van der Waals surface area contributed by atoms with E-state index in [0.717, 1.165) is 6.61 Å². The monoisotopic (exact) mass is 251 g/mol. The predicted octanol–water partition coefficient (Wildman–Crippen LogP) is 0.498. The Bertz CT molecular complexity index is 273. The number of hydrogen-bond acceptors (Lipinski definition) is 4. The molecule has 0 aromatic heterocycles. The normalized spacial score (nSPS) is 18.1. The van der Waals surface area contributed by atoms with Gasteiger partial charge in [-0.2, -0.15) is 0 Å². The molecule has 1 rings (SSSR count). The lowest BCUT2D eigenvalue weighted by Gasteiger charge is -2.09. The van der Waals surface area contributed by atoms with E-state index in [9.17, 15) is 8.42 Å². The third-order valence-electron chi connectivity index (χ3n) is 2.71. The Morgan fingerprint density at radius 2 is 1.69 bits per heavy atom. The summed E-state index contributed by atoms with van der Waals surface area (Å²) < 4.78 is 31.7. The molecule has 0 atom stereocenters. The van der Waals surface area contributed by atoms with E-state index >= 15 is 0 Å². The Labute approximate surface area is 97.3 Å². The molecule has 0 unspecified atom stereocenters. The molecule has 5 nitrogen and oxygen atoms in total. The van der Waals surface area contributed by atoms with Crippen LogP contribution in [0.1, 0.15) is 25.7 Å². The van der Waals surface area contributed by atoms with E-state index < -0.39 is 10.0 Å². The maximum atomic E-state index is 10.6. The summed E-state index contributed by atoms with van der Waals surface area (Å²) in [5.41, 5.74) is 0. The van der Waals surface area contributed by atoms with Crippen LogP contribution < -0.4 is 5.14 Å². The molecule has 0 heterocycles. The fourth-order valence-corrected chi connectivity index (χ4v) is 2.17. The van der Waals surface area contributed by atoms with Gasteiger partial charge in [0.05, 0.1) is 25.6 Å². The molecule has 0 aromatic carbocycles. The molecule has 0 aromatic rings. The molecule has 96 valence electrons. The van der Waals surface area contributed by atoms with Gasteiger partial charge < -0.3 is 9.47 Å². The lowest BCUT2D eigenvalue weighted by Crippen LogP contribution is -2.21. The summed E-state index contributed by atoms with van der Waals surface area (Å²) in [5.74, 6) is 0.583. The van der Waals surface area contributed by atoms with Crippen LogP contribution in [-0.4, -0.2) is 40.6 Å². The summed E-state index contributed by atoms with van der Waals surface area (Å²) in [6.07, 6.45) is 5.18. The van der Waals surface area contributed by atoms with Gasteiger partial charge in [-0.15, -0.1) is 0 Å². The van der Waals surface area contributed by atoms with E-state index in [2.05, 4.69) is 0 Å². The molecule has 1 aliphatic carbocycles. The first-order chi connectivity index (χ1) is 7.58. The van der Waals surface area contributed by atoms with Crippen LogP contribution in [0.25, 0.3) is 0 Å². The van der Waals surface area contributed by atoms with Gasteiger partial charge in [-0.25, -0.2) is 13.6 Å². The lowest BCUT2D eigenvalue weighted by molar-refractivity contribution is 0.0388. The number of primary sulfonamides is 1. The standard InChI is InChI=1S/C10H21NO4S/c11-16(12,13)8-7-14-5-6-15-9-10-3-1-2-4-10/h10H,1-9H2,(H2,11,12,13). The quantitative estimate of drug-likeness (QED) is 0.637. The highest BCUT2D eigenvalue weighted by atomic mass is 32.2. The molecule has 0 bridgehead atoms. The highest BCUT2D eigenvalue weighted by molar-refractivity contribution is 7.89. The van der Waals surface area contributed by atoms with Crippen LogP contribution in [-0.2, 0) is 19.5 Å². The fourth-order valence-electron chi connectivity index (χ4n) is 1.82. The van der Waals surface area contributed by atoms with Gasteiger partial charge in [-0.3, -0.25) is 0 Å². The van der Waals surface area contributed by atoms with Crippen molar-refractivity contribution in [2.75, 3.05) is 32.2 Å². The van der Waals surface area contributed by atoms with Crippen LogP contribution in [0.15, 0.2) is 0 Å². The fraction of sp³-hybridized carbons (Fsp3) is 1.00. The minimum Gasteiger partial charge on any atom is -0.379 e. The second-order valence-corrected chi connectivity index (χ2v) is 5.94. The smallest absolute Gasteiger partial charge is 0.211 e. The summed E-state index contributed by atoms with van der Waals surface area (Å²) in [6.45, 7) is 1.91. The van der Waals surface area contributed by atoms with E-state index in [1.807, 2.05) is 0 Å². The number of hydrogen-bond donors (Lipinski definition) is 1. The molecule has 0 spiro atoms. The van der Waals surface area contributed by atoms with Crippen LogP contribution in [0.2, 0.25) is 0 Å². The van der Waals surface area contributed by atoms with Crippen molar-refractivity contribution in [1.82, 2.24) is 0 Å². The first-order valence-corrected chi connectivity index (χ1v) is 7.45. The zero-order chi connectivity index (χ0) is 11.9. The van der Waals surface area contributed by atoms with Crippen LogP contribution in [0.4, 0.5) is 0 Å². The van der Waals surface area contributed by atoms with Crippen molar-refractivity contribution in [2.45, 2.75) is 25.7 Å². The predicted molar refractivity (Wildman–Crippen MR) is 61.6 cm³/mol. The van der Waals surface area contributed by atoms with E-state index in [-0.39, 0.29) is 12.4 Å². The van der Waals surface area contributed by atoms with Gasteiger partial charge in [0.1, 0.15) is 0 Å². The molecule has 6 heteroatoms. The van der Waals surface area contributed by atoms with E-state index in [1.165, 1.54) is 25.7 Å². The van der Waals surface area contributed by atoms with Crippen molar-refractivity contribution in [2.24, 2.45) is 11.1 Å². The van der Waals surface area contributed by atoms with Gasteiger partial charge in [0, 0.05) is 6.61 Å². The number of nitrogens with two attached hydrogens (primary N) is 1. The zero-order valence-corrected chi connectivity index (χ0v) is 10.4. The van der Waals surface area contributed by atoms with Gasteiger partial charge in [0.15, 0.2) is 0 Å². The topological polar surface area (TPSA) is 78.6 Å². The lowest BCUT2D eigenvalue weighted by atomic mass is 10.1. The molecule has 1 fully saturated rings. The maximum Gasteiger partial charge on any atom is 0.211 e. The molecule has 0 saturated heterocycles. The largest absolute Gasteiger partial charge is 0.379 e. The van der Waals surface area contributed by atoms with E-state index in [4.69, 9.17) is 14.6 Å². The number of sulfonamides is 1. The summed E-state index contributed by atoms with van der Waals surface area (Å²) >= 11 is 0. The average Bonchev–Trinajstić information content (AvgIpc) is 2.67. The molecule has 2 N–H and O–H groups in total. The van der Waals surface area contributed by atoms with Crippen molar-refractivity contribution >= 4 is 10.0 Å². The van der Waals surface area contributed by atoms with E-state index in [0.29, 0.717) is 19.1 Å². The second kappa shape index (κ2) is 7.21. The van der Waals surface area contributed by atoms with Crippen LogP contribution in [0.5, 0.6) is 0 Å². The minimum absolute atomic E-state index is 0.129. The van der Waals surface area contributed by atoms with Crippen molar-refractivity contribution in [1.29, 1.82) is 0 Å². The molecule has 0 amide bonds. The van der Waals surface area contributed by atoms with Crippen molar-refractivity contribution in [3.63, 3.8) is 0 Å². The van der Waals surface area contributed by atoms with Gasteiger partial charge in [-0.05, 0) is 18.8 Å². The summed E-state index contributed by atoms with van der Waals surface area (Å²) in [7, 11) is -3.40. The Morgan fingerprint density at radius 3 is 2.31 bits per heavy atom. The first kappa shape index (κ1) is 13.9. The van der Waals surface area contributed by atoms with Gasteiger partial charge in [-0.1, -0.05) is 12.8 Å². The molecule has 1 saturated carbocycles. The third-order valence-corrected chi connectivity index (χ3v) is 3.45. The van der Waals surface area contributed by atoms with Crippen LogP contribution in [0.3, 0.4) is 0 Å². The zero-order valence-electron chi connectivity index (χ0n) is 9.56. The van der Waals surface area contributed by atoms with Crippen molar-refractivity contribution in [3.05, 3.63) is 0 Å². The molecule has 1 aliphatic rings. The van der Waals surface area contributed by atoms with Crippen LogP contribution >= 0.6 is 0 Å². The highest BCUT2D eigenvalue weighted by Crippen LogP contribution is 2.24. The Balaban J connectivity index is 1.84. The minimum atomic E-state index is -3.40. The van der Waals surface area contributed by atoms with Gasteiger partial charge >= 0.3 is 0 Å². The molecular weight excluding hydrogens is 230 g/mol. The Kier molecular flexibility index (Phi) is 6.26. The Morgan fingerprint density at radius 1 is 1.06 bits per heavy atom. The van der Waals surface area contributed by atoms with Gasteiger partial charge in [0.2, 0.25) is 10.0 Å². The summed E-state index contributed by atoms with van der Waals surface area (Å²) in [5, 5.41) is 4.82. The third kappa shape index (κ3) is 7.16. The van der Waals surface area contributed by atoms with E-state index in [1.54, 1.807) is 0 Å².